The normalized spacial score (nSPS) is 20.7. The van der Waals surface area contributed by atoms with E-state index in [1.54, 1.807) is 0 Å². The van der Waals surface area contributed by atoms with Gasteiger partial charge < -0.3 is 9.47 Å². The molecule has 0 N–H and O–H groups in total. The van der Waals surface area contributed by atoms with E-state index >= 15 is 0 Å². The molecule has 2 heterocycles. The summed E-state index contributed by atoms with van der Waals surface area (Å²) in [6, 6.07) is 0. The summed E-state index contributed by atoms with van der Waals surface area (Å²) in [5.74, 6) is 1.98. The first-order valence-corrected chi connectivity index (χ1v) is 7.14. The van der Waals surface area contributed by atoms with Gasteiger partial charge in [0.2, 0.25) is 0 Å². The summed E-state index contributed by atoms with van der Waals surface area (Å²) in [5.41, 5.74) is 4.10. The monoisotopic (exact) mass is 270 g/mol. The van der Waals surface area contributed by atoms with Gasteiger partial charge in [-0.2, -0.15) is 0 Å². The van der Waals surface area contributed by atoms with Crippen LogP contribution in [0.25, 0.3) is 12.2 Å². The Hall–Kier alpha value is -1.70. The van der Waals surface area contributed by atoms with E-state index < -0.39 is 0 Å². The van der Waals surface area contributed by atoms with Crippen LogP contribution in [0.3, 0.4) is 0 Å². The first-order chi connectivity index (χ1) is 9.20. The molecule has 0 bridgehead atoms. The van der Waals surface area contributed by atoms with Crippen LogP contribution in [-0.4, -0.2) is 11.2 Å². The largest absolute Gasteiger partial charge is 0.483 e. The van der Waals surface area contributed by atoms with Crippen molar-refractivity contribution in [3.8, 4) is 11.5 Å². The first kappa shape index (κ1) is 13.3. The number of benzene rings is 1. The summed E-state index contributed by atoms with van der Waals surface area (Å²) in [6.45, 7) is 12.5. The average Bonchev–Trinajstić information content (AvgIpc) is 2.34. The molecule has 106 valence electrons. The second-order valence-corrected chi connectivity index (χ2v) is 6.81. The molecule has 0 saturated carbocycles. The minimum Gasteiger partial charge on any atom is -0.483 e. The van der Waals surface area contributed by atoms with Crippen molar-refractivity contribution in [2.75, 3.05) is 0 Å². The van der Waals surface area contributed by atoms with Crippen LogP contribution < -0.4 is 9.47 Å². The van der Waals surface area contributed by atoms with Crippen LogP contribution in [0.4, 0.5) is 0 Å². The summed E-state index contributed by atoms with van der Waals surface area (Å²) in [4.78, 5) is 0. The lowest BCUT2D eigenvalue weighted by atomic mass is 9.90. The molecule has 1 aromatic carbocycles. The quantitative estimate of drug-likeness (QED) is 0.682. The van der Waals surface area contributed by atoms with Gasteiger partial charge in [-0.3, -0.25) is 0 Å². The maximum Gasteiger partial charge on any atom is 0.131 e. The minimum atomic E-state index is -0.253. The molecule has 2 aliphatic heterocycles. The zero-order chi connectivity index (χ0) is 14.7. The van der Waals surface area contributed by atoms with Gasteiger partial charge in [-0.05, 0) is 53.7 Å². The summed E-state index contributed by atoms with van der Waals surface area (Å²) in [5, 5.41) is 0. The Morgan fingerprint density at radius 2 is 1.05 bits per heavy atom. The molecule has 0 amide bonds. The molecule has 0 aromatic heterocycles. The highest BCUT2D eigenvalue weighted by Crippen LogP contribution is 2.46. The van der Waals surface area contributed by atoms with Gasteiger partial charge in [0.1, 0.15) is 22.7 Å². The van der Waals surface area contributed by atoms with Gasteiger partial charge >= 0.3 is 0 Å². The van der Waals surface area contributed by atoms with Crippen molar-refractivity contribution in [2.45, 2.75) is 52.7 Å². The second kappa shape index (κ2) is 3.91. The van der Waals surface area contributed by atoms with Crippen LogP contribution in [0.15, 0.2) is 12.2 Å². The Balaban J connectivity index is 2.25. The lowest BCUT2D eigenvalue weighted by Crippen LogP contribution is -2.31. The number of hydrogen-bond donors (Lipinski definition) is 0. The molecule has 20 heavy (non-hydrogen) atoms. The summed E-state index contributed by atoms with van der Waals surface area (Å²) in [6.07, 6.45) is 8.54. The number of hydrogen-bond acceptors (Lipinski definition) is 2. The molecule has 0 saturated heterocycles. The Morgan fingerprint density at radius 1 is 0.700 bits per heavy atom. The van der Waals surface area contributed by atoms with E-state index in [0.29, 0.717) is 0 Å². The van der Waals surface area contributed by atoms with Gasteiger partial charge in [0.25, 0.3) is 0 Å². The molecule has 2 nitrogen and oxygen atoms in total. The van der Waals surface area contributed by atoms with Crippen molar-refractivity contribution in [3.63, 3.8) is 0 Å². The van der Waals surface area contributed by atoms with Crippen LogP contribution in [0.2, 0.25) is 0 Å². The smallest absolute Gasteiger partial charge is 0.131 e. The minimum absolute atomic E-state index is 0.253. The van der Waals surface area contributed by atoms with Gasteiger partial charge in [-0.15, -0.1) is 0 Å². The first-order valence-electron chi connectivity index (χ1n) is 7.14. The Kier molecular flexibility index (Phi) is 2.60. The predicted octanol–water partition coefficient (Wildman–Crippen LogP) is 4.67. The maximum atomic E-state index is 6.17. The van der Waals surface area contributed by atoms with Gasteiger partial charge in [-0.25, -0.2) is 0 Å². The van der Waals surface area contributed by atoms with Crippen LogP contribution in [-0.2, 0) is 0 Å². The Morgan fingerprint density at radius 3 is 1.40 bits per heavy atom. The third kappa shape index (κ3) is 1.94. The van der Waals surface area contributed by atoms with Gasteiger partial charge in [-0.1, -0.05) is 12.2 Å². The molecule has 0 aliphatic carbocycles. The van der Waals surface area contributed by atoms with E-state index in [-0.39, 0.29) is 11.2 Å². The topological polar surface area (TPSA) is 18.5 Å². The molecule has 2 aliphatic rings. The zero-order valence-electron chi connectivity index (χ0n) is 13.1. The van der Waals surface area contributed by atoms with Crippen molar-refractivity contribution in [3.05, 3.63) is 34.4 Å². The second-order valence-electron chi connectivity index (χ2n) is 6.81. The fraction of sp³-hybridized carbons (Fsp3) is 0.444. The third-order valence-electron chi connectivity index (χ3n) is 4.01. The highest BCUT2D eigenvalue weighted by Gasteiger charge is 2.31. The van der Waals surface area contributed by atoms with Crippen LogP contribution >= 0.6 is 0 Å². The number of ether oxygens (including phenoxy) is 2. The lowest BCUT2D eigenvalue weighted by Gasteiger charge is -2.35. The maximum absolute atomic E-state index is 6.17. The van der Waals surface area contributed by atoms with Crippen molar-refractivity contribution in [1.82, 2.24) is 0 Å². The molecule has 0 fully saturated rings. The van der Waals surface area contributed by atoms with E-state index in [9.17, 15) is 0 Å². The highest BCUT2D eigenvalue weighted by molar-refractivity contribution is 5.78. The van der Waals surface area contributed by atoms with Gasteiger partial charge in [0.15, 0.2) is 0 Å². The van der Waals surface area contributed by atoms with E-state index in [4.69, 9.17) is 9.47 Å². The summed E-state index contributed by atoms with van der Waals surface area (Å²) >= 11 is 0. The lowest BCUT2D eigenvalue weighted by molar-refractivity contribution is 0.149. The predicted molar refractivity (Wildman–Crippen MR) is 83.4 cm³/mol. The molecule has 0 spiro atoms. The molecule has 2 heteroatoms. The van der Waals surface area contributed by atoms with E-state index in [1.807, 2.05) is 0 Å². The van der Waals surface area contributed by atoms with Crippen molar-refractivity contribution in [1.29, 1.82) is 0 Å². The SMILES string of the molecule is Cc1c2c(c(C)c3c1OC(C)(C)C=C3)OC(C)(C)C=C2. The molecule has 1 aromatic rings. The molecule has 0 radical (unpaired) electrons. The van der Waals surface area contributed by atoms with Gasteiger partial charge in [0.05, 0.1) is 0 Å². The van der Waals surface area contributed by atoms with Crippen LogP contribution in [0, 0.1) is 13.8 Å². The average molecular weight is 270 g/mol. The molecule has 0 atom stereocenters. The highest BCUT2D eigenvalue weighted by atomic mass is 16.5. The van der Waals surface area contributed by atoms with Crippen LogP contribution in [0.1, 0.15) is 49.9 Å². The third-order valence-corrected chi connectivity index (χ3v) is 4.01. The van der Waals surface area contributed by atoms with Gasteiger partial charge in [0, 0.05) is 22.3 Å². The van der Waals surface area contributed by atoms with E-state index in [2.05, 4.69) is 65.8 Å². The molecule has 3 rings (SSSR count). The number of rotatable bonds is 0. The Labute approximate surface area is 121 Å². The van der Waals surface area contributed by atoms with Crippen molar-refractivity contribution < 1.29 is 9.47 Å². The molecular formula is C18H22O2. The number of fused-ring (bicyclic) bond motifs is 2. The van der Waals surface area contributed by atoms with E-state index in [0.717, 1.165) is 33.8 Å². The summed E-state index contributed by atoms with van der Waals surface area (Å²) < 4.78 is 12.3. The molecular weight excluding hydrogens is 248 g/mol. The fourth-order valence-corrected chi connectivity index (χ4v) is 2.82. The fourth-order valence-electron chi connectivity index (χ4n) is 2.82. The zero-order valence-corrected chi connectivity index (χ0v) is 13.1. The summed E-state index contributed by atoms with van der Waals surface area (Å²) in [7, 11) is 0. The standard InChI is InChI=1S/C18H22O2/c1-11-13-7-9-18(5,6)20-16(13)12(2)14-8-10-17(3,4)19-15(11)14/h7-10H,1-6H3. The van der Waals surface area contributed by atoms with Crippen molar-refractivity contribution in [2.24, 2.45) is 0 Å². The van der Waals surface area contributed by atoms with Crippen molar-refractivity contribution >= 4 is 12.2 Å². The Bertz CT molecular complexity index is 588. The van der Waals surface area contributed by atoms with Crippen LogP contribution in [0.5, 0.6) is 11.5 Å². The molecule has 0 unspecified atom stereocenters. The van der Waals surface area contributed by atoms with E-state index in [1.165, 1.54) is 0 Å².